The molecule has 0 spiro atoms. The number of hydrogen-bond donors (Lipinski definition) is 1. The molecule has 0 aliphatic carbocycles. The molecule has 28 heavy (non-hydrogen) atoms. The molecule has 9 heteroatoms. The number of nitrogens with one attached hydrogen (secondary N) is 1. The number of hydrogen-bond acceptors (Lipinski definition) is 9. The lowest BCUT2D eigenvalue weighted by Crippen LogP contribution is -2.14. The van der Waals surface area contributed by atoms with Crippen LogP contribution in [0.3, 0.4) is 0 Å². The molecule has 0 fully saturated rings. The summed E-state index contributed by atoms with van der Waals surface area (Å²) >= 11 is 1.36. The Labute approximate surface area is 168 Å². The summed E-state index contributed by atoms with van der Waals surface area (Å²) in [5.41, 5.74) is 0.886. The van der Waals surface area contributed by atoms with Crippen molar-refractivity contribution in [3.8, 4) is 5.75 Å². The standard InChI is InChI=1S/C19H23N3O5S/c1-5-25-17(23)15-10-20-18(28-4)22-16(15)21-13-6-8-14(9-7-13)27-19(24)26-11-12(2)3/h6-10,12H,5,11H2,1-4H3,(H,20,21,22). The van der Waals surface area contributed by atoms with E-state index >= 15 is 0 Å². The first kappa shape index (κ1) is 21.5. The van der Waals surface area contributed by atoms with Crippen LogP contribution < -0.4 is 10.1 Å². The van der Waals surface area contributed by atoms with Gasteiger partial charge in [-0.25, -0.2) is 19.6 Å². The minimum absolute atomic E-state index is 0.228. The third-order valence-electron chi connectivity index (χ3n) is 3.30. The summed E-state index contributed by atoms with van der Waals surface area (Å²) in [5.74, 6) is 0.400. The molecular weight excluding hydrogens is 382 g/mol. The van der Waals surface area contributed by atoms with Crippen molar-refractivity contribution in [1.29, 1.82) is 0 Å². The maximum Gasteiger partial charge on any atom is 0.513 e. The van der Waals surface area contributed by atoms with Gasteiger partial charge >= 0.3 is 12.1 Å². The van der Waals surface area contributed by atoms with Crippen molar-refractivity contribution in [2.24, 2.45) is 5.92 Å². The predicted octanol–water partition coefficient (Wildman–Crippen LogP) is 4.29. The zero-order valence-electron chi connectivity index (χ0n) is 16.2. The van der Waals surface area contributed by atoms with Crippen molar-refractivity contribution < 1.29 is 23.8 Å². The first-order valence-electron chi connectivity index (χ1n) is 8.72. The Kier molecular flexibility index (Phi) is 8.06. The first-order chi connectivity index (χ1) is 13.4. The zero-order valence-corrected chi connectivity index (χ0v) is 17.0. The van der Waals surface area contributed by atoms with E-state index in [1.807, 2.05) is 20.1 Å². The second-order valence-corrected chi connectivity index (χ2v) is 6.82. The van der Waals surface area contributed by atoms with Gasteiger partial charge in [-0.15, -0.1) is 0 Å². The van der Waals surface area contributed by atoms with Crippen LogP contribution in [-0.4, -0.2) is 41.6 Å². The van der Waals surface area contributed by atoms with E-state index in [9.17, 15) is 9.59 Å². The predicted molar refractivity (Wildman–Crippen MR) is 106 cm³/mol. The summed E-state index contributed by atoms with van der Waals surface area (Å²) in [7, 11) is 0. The summed E-state index contributed by atoms with van der Waals surface area (Å²) in [6.07, 6.45) is 2.52. The van der Waals surface area contributed by atoms with Gasteiger partial charge in [0.1, 0.15) is 17.1 Å². The molecule has 1 heterocycles. The number of nitrogens with zero attached hydrogens (tertiary/aromatic N) is 2. The summed E-state index contributed by atoms with van der Waals surface area (Å²) < 4.78 is 15.1. The van der Waals surface area contributed by atoms with Crippen molar-refractivity contribution in [3.05, 3.63) is 36.0 Å². The van der Waals surface area contributed by atoms with Crippen molar-refractivity contribution >= 4 is 35.4 Å². The fourth-order valence-corrected chi connectivity index (χ4v) is 2.36. The van der Waals surface area contributed by atoms with E-state index < -0.39 is 12.1 Å². The molecule has 0 saturated carbocycles. The van der Waals surface area contributed by atoms with Gasteiger partial charge < -0.3 is 19.5 Å². The molecule has 0 bridgehead atoms. The minimum Gasteiger partial charge on any atom is -0.462 e. The monoisotopic (exact) mass is 405 g/mol. The van der Waals surface area contributed by atoms with Crippen LogP contribution in [0.1, 0.15) is 31.1 Å². The normalized spacial score (nSPS) is 10.5. The van der Waals surface area contributed by atoms with Crippen LogP contribution in [0.2, 0.25) is 0 Å². The Morgan fingerprint density at radius 1 is 1.18 bits per heavy atom. The molecular formula is C19H23N3O5S. The van der Waals surface area contributed by atoms with E-state index in [0.717, 1.165) is 0 Å². The number of benzene rings is 1. The van der Waals surface area contributed by atoms with E-state index in [0.29, 0.717) is 29.0 Å². The second-order valence-electron chi connectivity index (χ2n) is 6.05. The highest BCUT2D eigenvalue weighted by molar-refractivity contribution is 7.98. The Bertz CT molecular complexity index is 812. The summed E-state index contributed by atoms with van der Waals surface area (Å²) in [4.78, 5) is 32.2. The van der Waals surface area contributed by atoms with Gasteiger partial charge in [0.05, 0.1) is 13.2 Å². The molecule has 8 nitrogen and oxygen atoms in total. The van der Waals surface area contributed by atoms with Gasteiger partial charge in [-0.05, 0) is 43.4 Å². The number of carbonyl (C=O) groups excluding carboxylic acids is 2. The molecule has 2 rings (SSSR count). The second kappa shape index (κ2) is 10.5. The molecule has 0 radical (unpaired) electrons. The molecule has 1 aromatic carbocycles. The third kappa shape index (κ3) is 6.41. The zero-order chi connectivity index (χ0) is 20.5. The highest BCUT2D eigenvalue weighted by Gasteiger charge is 2.16. The Morgan fingerprint density at radius 3 is 2.50 bits per heavy atom. The smallest absolute Gasteiger partial charge is 0.462 e. The Morgan fingerprint density at radius 2 is 1.89 bits per heavy atom. The van der Waals surface area contributed by atoms with Crippen LogP contribution in [0.15, 0.2) is 35.6 Å². The average Bonchev–Trinajstić information content (AvgIpc) is 2.68. The number of anilines is 2. The molecule has 0 atom stereocenters. The maximum atomic E-state index is 12.1. The molecule has 0 saturated heterocycles. The number of ether oxygens (including phenoxy) is 3. The van der Waals surface area contributed by atoms with Gasteiger partial charge in [-0.1, -0.05) is 25.6 Å². The van der Waals surface area contributed by atoms with Gasteiger partial charge in [0.15, 0.2) is 5.16 Å². The highest BCUT2D eigenvalue weighted by atomic mass is 32.2. The van der Waals surface area contributed by atoms with Crippen LogP contribution in [0.4, 0.5) is 16.3 Å². The van der Waals surface area contributed by atoms with E-state index in [1.54, 1.807) is 31.2 Å². The number of esters is 1. The van der Waals surface area contributed by atoms with Crippen molar-refractivity contribution in [2.45, 2.75) is 25.9 Å². The highest BCUT2D eigenvalue weighted by Crippen LogP contribution is 2.24. The lowest BCUT2D eigenvalue weighted by atomic mass is 10.2. The third-order valence-corrected chi connectivity index (χ3v) is 3.86. The fraction of sp³-hybridized carbons (Fsp3) is 0.368. The fourth-order valence-electron chi connectivity index (χ4n) is 2.02. The lowest BCUT2D eigenvalue weighted by Gasteiger charge is -2.12. The number of thioether (sulfide) groups is 1. The maximum absolute atomic E-state index is 12.1. The van der Waals surface area contributed by atoms with Gasteiger partial charge in [-0.3, -0.25) is 0 Å². The molecule has 0 unspecified atom stereocenters. The van der Waals surface area contributed by atoms with Gasteiger partial charge in [0.2, 0.25) is 0 Å². The molecule has 0 aliphatic rings. The van der Waals surface area contributed by atoms with Crippen LogP contribution in [0.25, 0.3) is 0 Å². The molecule has 0 amide bonds. The van der Waals surface area contributed by atoms with Gasteiger partial charge in [0, 0.05) is 11.9 Å². The van der Waals surface area contributed by atoms with Gasteiger partial charge in [0.25, 0.3) is 0 Å². The summed E-state index contributed by atoms with van der Waals surface area (Å²) in [6, 6.07) is 6.61. The summed E-state index contributed by atoms with van der Waals surface area (Å²) in [6.45, 7) is 6.15. The van der Waals surface area contributed by atoms with Crippen molar-refractivity contribution in [2.75, 3.05) is 24.8 Å². The van der Waals surface area contributed by atoms with E-state index in [1.165, 1.54) is 18.0 Å². The van der Waals surface area contributed by atoms with Crippen molar-refractivity contribution in [1.82, 2.24) is 9.97 Å². The van der Waals surface area contributed by atoms with Crippen LogP contribution in [0, 0.1) is 5.92 Å². The molecule has 0 aliphatic heterocycles. The summed E-state index contributed by atoms with van der Waals surface area (Å²) in [5, 5.41) is 3.59. The quantitative estimate of drug-likeness (QED) is 0.298. The molecule has 2 aromatic rings. The van der Waals surface area contributed by atoms with Crippen LogP contribution in [-0.2, 0) is 9.47 Å². The minimum atomic E-state index is -0.751. The topological polar surface area (TPSA) is 99.6 Å². The van der Waals surface area contributed by atoms with Crippen LogP contribution in [0.5, 0.6) is 5.75 Å². The Hall–Kier alpha value is -2.81. The molecule has 1 N–H and O–H groups in total. The first-order valence-corrected chi connectivity index (χ1v) is 9.95. The van der Waals surface area contributed by atoms with E-state index in [2.05, 4.69) is 15.3 Å². The van der Waals surface area contributed by atoms with E-state index in [-0.39, 0.29) is 18.1 Å². The molecule has 1 aromatic heterocycles. The lowest BCUT2D eigenvalue weighted by molar-refractivity contribution is 0.0526. The SMILES string of the molecule is CCOC(=O)c1cnc(SC)nc1Nc1ccc(OC(=O)OCC(C)C)cc1. The van der Waals surface area contributed by atoms with E-state index in [4.69, 9.17) is 14.2 Å². The van der Waals surface area contributed by atoms with Crippen molar-refractivity contribution in [3.63, 3.8) is 0 Å². The van der Waals surface area contributed by atoms with Gasteiger partial charge in [-0.2, -0.15) is 0 Å². The van der Waals surface area contributed by atoms with Crippen LogP contribution >= 0.6 is 11.8 Å². The Balaban J connectivity index is 2.10. The largest absolute Gasteiger partial charge is 0.513 e. The average molecular weight is 405 g/mol. The number of aromatic nitrogens is 2. The number of carbonyl (C=O) groups is 2. The number of rotatable bonds is 8. The molecule has 150 valence electrons.